The van der Waals surface area contributed by atoms with Gasteiger partial charge in [-0.15, -0.1) is 0 Å². The van der Waals surface area contributed by atoms with Gasteiger partial charge in [-0.1, -0.05) is 0 Å². The maximum absolute atomic E-state index is 11.6. The van der Waals surface area contributed by atoms with E-state index in [9.17, 15) is 4.79 Å². The number of methoxy groups -OCH3 is 3. The molecule has 2 aromatic rings. The zero-order valence-corrected chi connectivity index (χ0v) is 10.4. The van der Waals surface area contributed by atoms with E-state index in [-0.39, 0.29) is 0 Å². The normalized spacial score (nSPS) is 10.2. The number of pyridine rings is 1. The second kappa shape index (κ2) is 4.91. The molecule has 0 amide bonds. The molecular formula is C13H13NO4. The van der Waals surface area contributed by atoms with Crippen LogP contribution in [0.3, 0.4) is 0 Å². The second-order valence-electron chi connectivity index (χ2n) is 3.62. The highest BCUT2D eigenvalue weighted by Crippen LogP contribution is 2.28. The maximum Gasteiger partial charge on any atom is 0.338 e. The zero-order chi connectivity index (χ0) is 13.1. The van der Waals surface area contributed by atoms with Gasteiger partial charge in [-0.2, -0.15) is 0 Å². The van der Waals surface area contributed by atoms with Gasteiger partial charge in [0.15, 0.2) is 0 Å². The molecule has 5 heteroatoms. The van der Waals surface area contributed by atoms with Crippen LogP contribution in [0.15, 0.2) is 24.4 Å². The van der Waals surface area contributed by atoms with Crippen LogP contribution in [-0.2, 0) is 4.74 Å². The highest BCUT2D eigenvalue weighted by molar-refractivity contribution is 5.97. The fourth-order valence-corrected chi connectivity index (χ4v) is 1.70. The van der Waals surface area contributed by atoms with Gasteiger partial charge in [0, 0.05) is 5.39 Å². The molecule has 1 aromatic heterocycles. The average Bonchev–Trinajstić information content (AvgIpc) is 2.44. The minimum Gasteiger partial charge on any atom is -0.495 e. The number of hydrogen-bond donors (Lipinski definition) is 0. The van der Waals surface area contributed by atoms with E-state index in [1.54, 1.807) is 31.5 Å². The molecule has 0 atom stereocenters. The van der Waals surface area contributed by atoms with Crippen LogP contribution < -0.4 is 9.47 Å². The van der Waals surface area contributed by atoms with Crippen molar-refractivity contribution in [3.05, 3.63) is 30.0 Å². The summed E-state index contributed by atoms with van der Waals surface area (Å²) < 4.78 is 15.0. The lowest BCUT2D eigenvalue weighted by Crippen LogP contribution is -2.02. The molecule has 0 saturated carbocycles. The Hall–Kier alpha value is -2.30. The zero-order valence-electron chi connectivity index (χ0n) is 10.4. The van der Waals surface area contributed by atoms with Crippen LogP contribution in [0.25, 0.3) is 10.9 Å². The van der Waals surface area contributed by atoms with Gasteiger partial charge in [0.25, 0.3) is 0 Å². The Bertz CT molecular complexity index is 595. The van der Waals surface area contributed by atoms with Crippen LogP contribution in [0.2, 0.25) is 0 Å². The lowest BCUT2D eigenvalue weighted by molar-refractivity contribution is 0.0600. The molecule has 94 valence electrons. The minimum atomic E-state index is -0.419. The van der Waals surface area contributed by atoms with Crippen molar-refractivity contribution in [1.82, 2.24) is 4.98 Å². The summed E-state index contributed by atoms with van der Waals surface area (Å²) >= 11 is 0. The van der Waals surface area contributed by atoms with Crippen molar-refractivity contribution >= 4 is 16.9 Å². The molecule has 0 aliphatic heterocycles. The van der Waals surface area contributed by atoms with E-state index in [4.69, 9.17) is 14.2 Å². The van der Waals surface area contributed by atoms with Crippen LogP contribution in [0, 0.1) is 0 Å². The Labute approximate surface area is 104 Å². The number of rotatable bonds is 3. The Morgan fingerprint density at radius 3 is 2.50 bits per heavy atom. The van der Waals surface area contributed by atoms with Gasteiger partial charge in [-0.3, -0.25) is 0 Å². The molecule has 0 aliphatic carbocycles. The standard InChI is InChI=1S/C13H13NO4/c1-16-10-5-8-4-9(13(15)18-3)6-11(17-2)12(8)14-7-10/h4-7H,1-3H3. The molecule has 0 N–H and O–H groups in total. The number of aromatic nitrogens is 1. The molecule has 0 bridgehead atoms. The average molecular weight is 247 g/mol. The summed E-state index contributed by atoms with van der Waals surface area (Å²) in [7, 11) is 4.43. The number of ether oxygens (including phenoxy) is 3. The van der Waals surface area contributed by atoms with E-state index in [2.05, 4.69) is 4.98 Å². The van der Waals surface area contributed by atoms with Crippen molar-refractivity contribution in [3.63, 3.8) is 0 Å². The predicted molar refractivity (Wildman–Crippen MR) is 66.2 cm³/mol. The maximum atomic E-state index is 11.6. The van der Waals surface area contributed by atoms with E-state index in [0.29, 0.717) is 22.6 Å². The van der Waals surface area contributed by atoms with Crippen molar-refractivity contribution in [2.75, 3.05) is 21.3 Å². The van der Waals surface area contributed by atoms with Crippen molar-refractivity contribution in [2.45, 2.75) is 0 Å². The molecule has 2 rings (SSSR count). The molecule has 0 saturated heterocycles. The summed E-state index contributed by atoms with van der Waals surface area (Å²) in [5, 5.41) is 0.758. The lowest BCUT2D eigenvalue weighted by atomic mass is 10.1. The summed E-state index contributed by atoms with van der Waals surface area (Å²) in [5.41, 5.74) is 1.09. The van der Waals surface area contributed by atoms with E-state index < -0.39 is 5.97 Å². The van der Waals surface area contributed by atoms with Crippen LogP contribution in [0.5, 0.6) is 11.5 Å². The van der Waals surface area contributed by atoms with Crippen LogP contribution in [0.4, 0.5) is 0 Å². The highest BCUT2D eigenvalue weighted by Gasteiger charge is 2.12. The number of benzene rings is 1. The third-order valence-corrected chi connectivity index (χ3v) is 2.60. The summed E-state index contributed by atoms with van der Waals surface area (Å²) in [6.45, 7) is 0. The minimum absolute atomic E-state index is 0.414. The second-order valence-corrected chi connectivity index (χ2v) is 3.62. The Balaban J connectivity index is 2.67. The first-order valence-corrected chi connectivity index (χ1v) is 5.29. The predicted octanol–water partition coefficient (Wildman–Crippen LogP) is 2.04. The molecule has 0 fully saturated rings. The quantitative estimate of drug-likeness (QED) is 0.777. The fraction of sp³-hybridized carbons (Fsp3) is 0.231. The summed E-state index contributed by atoms with van der Waals surface area (Å²) in [5.74, 6) is 0.722. The van der Waals surface area contributed by atoms with Gasteiger partial charge in [-0.05, 0) is 18.2 Å². The molecular weight excluding hydrogens is 234 g/mol. The number of fused-ring (bicyclic) bond motifs is 1. The van der Waals surface area contributed by atoms with Crippen molar-refractivity contribution in [2.24, 2.45) is 0 Å². The fourth-order valence-electron chi connectivity index (χ4n) is 1.70. The third kappa shape index (κ3) is 2.07. The molecule has 1 aromatic carbocycles. The number of nitrogens with zero attached hydrogens (tertiary/aromatic N) is 1. The van der Waals surface area contributed by atoms with E-state index >= 15 is 0 Å². The van der Waals surface area contributed by atoms with Gasteiger partial charge < -0.3 is 14.2 Å². The molecule has 0 unspecified atom stereocenters. The first-order chi connectivity index (χ1) is 8.69. The topological polar surface area (TPSA) is 57.7 Å². The lowest BCUT2D eigenvalue weighted by Gasteiger charge is -2.08. The largest absolute Gasteiger partial charge is 0.495 e. The molecule has 18 heavy (non-hydrogen) atoms. The Morgan fingerprint density at radius 1 is 1.11 bits per heavy atom. The van der Waals surface area contributed by atoms with Crippen molar-refractivity contribution < 1.29 is 19.0 Å². The number of carbonyl (C=O) groups excluding carboxylic acids is 1. The van der Waals surface area contributed by atoms with Gasteiger partial charge >= 0.3 is 5.97 Å². The molecule has 0 radical (unpaired) electrons. The van der Waals surface area contributed by atoms with Gasteiger partial charge in [0.1, 0.15) is 17.0 Å². The number of hydrogen-bond acceptors (Lipinski definition) is 5. The Kier molecular flexibility index (Phi) is 3.32. The number of esters is 1. The summed E-state index contributed by atoms with van der Waals surface area (Å²) in [6, 6.07) is 5.09. The van der Waals surface area contributed by atoms with Crippen LogP contribution in [0.1, 0.15) is 10.4 Å². The summed E-state index contributed by atoms with van der Waals surface area (Å²) in [6.07, 6.45) is 1.60. The van der Waals surface area contributed by atoms with E-state index in [0.717, 1.165) is 5.39 Å². The van der Waals surface area contributed by atoms with Crippen molar-refractivity contribution in [3.8, 4) is 11.5 Å². The van der Waals surface area contributed by atoms with E-state index in [1.165, 1.54) is 14.2 Å². The smallest absolute Gasteiger partial charge is 0.338 e. The molecule has 0 aliphatic rings. The molecule has 5 nitrogen and oxygen atoms in total. The van der Waals surface area contributed by atoms with Crippen molar-refractivity contribution in [1.29, 1.82) is 0 Å². The van der Waals surface area contributed by atoms with Crippen LogP contribution in [-0.4, -0.2) is 32.3 Å². The van der Waals surface area contributed by atoms with Gasteiger partial charge in [0.2, 0.25) is 0 Å². The first-order valence-electron chi connectivity index (χ1n) is 5.29. The monoisotopic (exact) mass is 247 g/mol. The SMILES string of the molecule is COC(=O)c1cc(OC)c2ncc(OC)cc2c1. The van der Waals surface area contributed by atoms with Gasteiger partial charge in [0.05, 0.1) is 33.1 Å². The number of carbonyl (C=O) groups is 1. The Morgan fingerprint density at radius 2 is 1.89 bits per heavy atom. The van der Waals surface area contributed by atoms with Gasteiger partial charge in [-0.25, -0.2) is 9.78 Å². The summed E-state index contributed by atoms with van der Waals surface area (Å²) in [4.78, 5) is 15.8. The highest BCUT2D eigenvalue weighted by atomic mass is 16.5. The first kappa shape index (κ1) is 12.2. The molecule has 0 spiro atoms. The third-order valence-electron chi connectivity index (χ3n) is 2.60. The van der Waals surface area contributed by atoms with Crippen LogP contribution >= 0.6 is 0 Å². The molecule has 1 heterocycles. The van der Waals surface area contributed by atoms with E-state index in [1.807, 2.05) is 0 Å².